The Balaban J connectivity index is 3.23. The first kappa shape index (κ1) is 18.2. The van der Waals surface area contributed by atoms with Gasteiger partial charge in [0.05, 0.1) is 12.7 Å². The fourth-order valence-corrected chi connectivity index (χ4v) is 2.64. The van der Waals surface area contributed by atoms with Crippen LogP contribution in [-0.4, -0.2) is 46.0 Å². The molecular formula is C11H19N2O6PS. The van der Waals surface area contributed by atoms with E-state index in [9.17, 15) is 19.6 Å². The molecule has 0 spiro atoms. The lowest BCUT2D eigenvalue weighted by Gasteiger charge is -2.26. The Labute approximate surface area is 126 Å². The van der Waals surface area contributed by atoms with E-state index in [-0.39, 0.29) is 13.0 Å². The van der Waals surface area contributed by atoms with Crippen LogP contribution in [-0.2, 0) is 21.1 Å². The van der Waals surface area contributed by atoms with E-state index in [2.05, 4.69) is 4.98 Å². The standard InChI is InChI=1S/C11H19N2O6PS/c1-7-5-13(11(16)12-10(7)15)9(19-20(3,17)21)4-8(6-14)18-2/h5,8-9,14H,4,6H2,1-3H3,(H,17,21)(H,12,15,16). The molecule has 0 aliphatic heterocycles. The van der Waals surface area contributed by atoms with Gasteiger partial charge in [0.25, 0.3) is 5.56 Å². The monoisotopic (exact) mass is 338 g/mol. The van der Waals surface area contributed by atoms with Crippen molar-refractivity contribution in [3.8, 4) is 0 Å². The lowest BCUT2D eigenvalue weighted by Crippen LogP contribution is -2.35. The van der Waals surface area contributed by atoms with Gasteiger partial charge in [-0.1, -0.05) is 0 Å². The molecule has 0 aromatic carbocycles. The maximum atomic E-state index is 11.9. The molecule has 0 saturated heterocycles. The van der Waals surface area contributed by atoms with Gasteiger partial charge in [0.2, 0.25) is 0 Å². The fourth-order valence-electron chi connectivity index (χ4n) is 1.70. The third kappa shape index (κ3) is 5.46. The van der Waals surface area contributed by atoms with Crippen molar-refractivity contribution in [2.24, 2.45) is 0 Å². The van der Waals surface area contributed by atoms with Gasteiger partial charge < -0.3 is 19.3 Å². The van der Waals surface area contributed by atoms with E-state index < -0.39 is 30.1 Å². The van der Waals surface area contributed by atoms with Crippen LogP contribution in [0.5, 0.6) is 0 Å². The number of hydrogen-bond acceptors (Lipinski definition) is 6. The second-order valence-corrected chi connectivity index (χ2v) is 8.47. The van der Waals surface area contributed by atoms with Gasteiger partial charge in [-0.25, -0.2) is 4.79 Å². The SMILES string of the molecule is COC(CO)CC(OP(C)(O)=S)n1cc(C)c(=O)[nH]c1=O. The number of H-pyrrole nitrogens is 1. The zero-order valence-electron chi connectivity index (χ0n) is 12.0. The predicted molar refractivity (Wildman–Crippen MR) is 81.1 cm³/mol. The average Bonchev–Trinajstić information content (AvgIpc) is 2.37. The molecule has 3 unspecified atom stereocenters. The van der Waals surface area contributed by atoms with Gasteiger partial charge in [0, 0.05) is 32.0 Å². The van der Waals surface area contributed by atoms with E-state index in [1.54, 1.807) is 0 Å². The number of aliphatic hydroxyl groups is 1. The smallest absolute Gasteiger partial charge is 0.330 e. The molecule has 1 aromatic rings. The lowest BCUT2D eigenvalue weighted by molar-refractivity contribution is -0.00377. The molecule has 1 aromatic heterocycles. The number of rotatable bonds is 7. The summed E-state index contributed by atoms with van der Waals surface area (Å²) in [6.07, 6.45) is -0.145. The zero-order chi connectivity index (χ0) is 16.2. The Morgan fingerprint density at radius 1 is 1.52 bits per heavy atom. The molecule has 1 heterocycles. The van der Waals surface area contributed by atoms with Gasteiger partial charge in [0.15, 0.2) is 6.49 Å². The van der Waals surface area contributed by atoms with Crippen molar-refractivity contribution in [2.75, 3.05) is 20.4 Å². The summed E-state index contributed by atoms with van der Waals surface area (Å²) in [5.41, 5.74) is -0.879. The Kier molecular flexibility index (Phi) is 6.45. The van der Waals surface area contributed by atoms with Crippen LogP contribution in [0.15, 0.2) is 15.8 Å². The van der Waals surface area contributed by atoms with Crippen molar-refractivity contribution in [3.63, 3.8) is 0 Å². The second kappa shape index (κ2) is 7.44. The number of aliphatic hydroxyl groups excluding tert-OH is 1. The van der Waals surface area contributed by atoms with Crippen LogP contribution >= 0.6 is 6.49 Å². The van der Waals surface area contributed by atoms with Gasteiger partial charge in [0.1, 0.15) is 6.23 Å². The summed E-state index contributed by atoms with van der Waals surface area (Å²) >= 11 is 4.84. The van der Waals surface area contributed by atoms with Gasteiger partial charge in [-0.05, 0) is 18.7 Å². The highest BCUT2D eigenvalue weighted by Crippen LogP contribution is 2.42. The largest absolute Gasteiger partial charge is 0.394 e. The van der Waals surface area contributed by atoms with Gasteiger partial charge in [-0.2, -0.15) is 0 Å². The zero-order valence-corrected chi connectivity index (χ0v) is 13.7. The van der Waals surface area contributed by atoms with E-state index in [1.807, 2.05) is 0 Å². The molecule has 120 valence electrons. The van der Waals surface area contributed by atoms with E-state index in [1.165, 1.54) is 26.9 Å². The number of nitrogens with zero attached hydrogens (tertiary/aromatic N) is 1. The van der Waals surface area contributed by atoms with Gasteiger partial charge in [-0.15, -0.1) is 0 Å². The Hall–Kier alpha value is -0.830. The molecule has 0 aliphatic rings. The van der Waals surface area contributed by atoms with E-state index in [4.69, 9.17) is 21.1 Å². The third-order valence-electron chi connectivity index (χ3n) is 2.77. The number of aromatic amines is 1. The number of nitrogens with one attached hydrogen (secondary N) is 1. The molecule has 0 fully saturated rings. The highest BCUT2D eigenvalue weighted by Gasteiger charge is 2.23. The molecule has 1 rings (SSSR count). The topological polar surface area (TPSA) is 114 Å². The van der Waals surface area contributed by atoms with Crippen molar-refractivity contribution in [3.05, 3.63) is 32.6 Å². The van der Waals surface area contributed by atoms with Crippen molar-refractivity contribution >= 4 is 18.3 Å². The van der Waals surface area contributed by atoms with Crippen molar-refractivity contribution in [2.45, 2.75) is 25.7 Å². The predicted octanol–water partition coefficient (Wildman–Crippen LogP) is -0.311. The summed E-state index contributed by atoms with van der Waals surface area (Å²) in [5.74, 6) is 0. The van der Waals surface area contributed by atoms with Crippen LogP contribution in [0.25, 0.3) is 0 Å². The highest BCUT2D eigenvalue weighted by molar-refractivity contribution is 8.09. The van der Waals surface area contributed by atoms with Crippen molar-refractivity contribution in [1.29, 1.82) is 0 Å². The summed E-state index contributed by atoms with van der Waals surface area (Å²) in [7, 11) is 1.40. The van der Waals surface area contributed by atoms with Crippen LogP contribution in [0.2, 0.25) is 0 Å². The molecule has 0 bridgehead atoms. The molecule has 0 amide bonds. The van der Waals surface area contributed by atoms with Crippen LogP contribution in [0.4, 0.5) is 0 Å². The quantitative estimate of drug-likeness (QED) is 0.584. The number of methoxy groups -OCH3 is 1. The molecule has 3 N–H and O–H groups in total. The first-order valence-electron chi connectivity index (χ1n) is 6.12. The number of hydrogen-bond donors (Lipinski definition) is 3. The minimum atomic E-state index is -3.07. The minimum absolute atomic E-state index is 0.0885. The maximum absolute atomic E-state index is 11.9. The molecule has 10 heteroatoms. The molecule has 21 heavy (non-hydrogen) atoms. The molecule has 0 aliphatic carbocycles. The Morgan fingerprint density at radius 2 is 2.14 bits per heavy atom. The summed E-state index contributed by atoms with van der Waals surface area (Å²) in [5, 5.41) is 9.18. The van der Waals surface area contributed by atoms with E-state index in [0.717, 1.165) is 4.57 Å². The van der Waals surface area contributed by atoms with Crippen LogP contribution in [0.1, 0.15) is 18.2 Å². The van der Waals surface area contributed by atoms with Gasteiger partial charge >= 0.3 is 5.69 Å². The number of aryl methyl sites for hydroxylation is 1. The van der Waals surface area contributed by atoms with E-state index in [0.29, 0.717) is 5.56 Å². The molecule has 8 nitrogen and oxygen atoms in total. The van der Waals surface area contributed by atoms with E-state index >= 15 is 0 Å². The van der Waals surface area contributed by atoms with Gasteiger partial charge in [-0.3, -0.25) is 14.3 Å². The summed E-state index contributed by atoms with van der Waals surface area (Å²) in [6, 6.07) is 0. The van der Waals surface area contributed by atoms with Crippen LogP contribution in [0, 0.1) is 6.92 Å². The fraction of sp³-hybridized carbons (Fsp3) is 0.636. The Bertz CT molecular complexity index is 632. The molecular weight excluding hydrogens is 319 g/mol. The van der Waals surface area contributed by atoms with Crippen molar-refractivity contribution in [1.82, 2.24) is 9.55 Å². The summed E-state index contributed by atoms with van der Waals surface area (Å²) in [4.78, 5) is 35.2. The number of ether oxygens (including phenoxy) is 1. The molecule has 0 radical (unpaired) electrons. The molecule has 0 saturated carbocycles. The minimum Gasteiger partial charge on any atom is -0.394 e. The van der Waals surface area contributed by atoms with Crippen molar-refractivity contribution < 1.29 is 19.3 Å². The first-order valence-corrected chi connectivity index (χ1v) is 9.24. The highest BCUT2D eigenvalue weighted by atomic mass is 32.5. The van der Waals surface area contributed by atoms with Crippen LogP contribution < -0.4 is 11.2 Å². The Morgan fingerprint density at radius 3 is 2.62 bits per heavy atom. The summed E-state index contributed by atoms with van der Waals surface area (Å²) < 4.78 is 11.5. The number of aromatic nitrogens is 2. The third-order valence-corrected chi connectivity index (χ3v) is 3.67. The normalized spacial score (nSPS) is 17.2. The average molecular weight is 338 g/mol. The maximum Gasteiger partial charge on any atom is 0.330 e. The second-order valence-electron chi connectivity index (χ2n) is 4.62. The lowest BCUT2D eigenvalue weighted by atomic mass is 10.2. The van der Waals surface area contributed by atoms with Crippen LogP contribution in [0.3, 0.4) is 0 Å². The first-order chi connectivity index (χ1) is 9.67. The molecule has 3 atom stereocenters. The summed E-state index contributed by atoms with van der Waals surface area (Å²) in [6.45, 7) is -0.472.